The number of alkyl halides is 2. The van der Waals surface area contributed by atoms with Crippen molar-refractivity contribution in [3.05, 3.63) is 46.2 Å². The van der Waals surface area contributed by atoms with Gasteiger partial charge in [0.15, 0.2) is 0 Å². The normalized spacial score (nSPS) is 24.6. The van der Waals surface area contributed by atoms with Gasteiger partial charge in [-0.3, -0.25) is 9.59 Å². The van der Waals surface area contributed by atoms with Crippen LogP contribution < -0.4 is 5.56 Å². The Balaban J connectivity index is 1.39. The van der Waals surface area contributed by atoms with Crippen molar-refractivity contribution in [3.63, 3.8) is 0 Å². The third kappa shape index (κ3) is 2.94. The van der Waals surface area contributed by atoms with Crippen LogP contribution in [-0.2, 0) is 11.2 Å². The Bertz CT molecular complexity index is 861. The third-order valence-electron chi connectivity index (χ3n) is 5.58. The summed E-state index contributed by atoms with van der Waals surface area (Å²) in [6.07, 6.45) is 1.34. The van der Waals surface area contributed by atoms with Gasteiger partial charge in [-0.15, -0.1) is 0 Å². The maximum Gasteiger partial charge on any atom is 0.254 e. The SMILES string of the molecule is O=C(CCc1cc2ccccc2[nH]c1=O)N1CCC2C(CC1)C2(F)F. The number of fused-ring (bicyclic) bond motifs is 2. The summed E-state index contributed by atoms with van der Waals surface area (Å²) >= 11 is 0. The number of hydrogen-bond donors (Lipinski definition) is 1. The number of amides is 1. The predicted octanol–water partition coefficient (Wildman–Crippen LogP) is 2.96. The molecule has 0 bridgehead atoms. The van der Waals surface area contributed by atoms with Gasteiger partial charge in [0.1, 0.15) is 0 Å². The van der Waals surface area contributed by atoms with Crippen molar-refractivity contribution < 1.29 is 13.6 Å². The molecule has 0 radical (unpaired) electrons. The van der Waals surface area contributed by atoms with Gasteiger partial charge in [0.05, 0.1) is 0 Å². The first-order chi connectivity index (χ1) is 12.0. The summed E-state index contributed by atoms with van der Waals surface area (Å²) in [5, 5.41) is 0.932. The molecule has 25 heavy (non-hydrogen) atoms. The van der Waals surface area contributed by atoms with E-state index in [1.54, 1.807) is 4.90 Å². The molecule has 1 aliphatic carbocycles. The summed E-state index contributed by atoms with van der Waals surface area (Å²) in [4.78, 5) is 29.0. The van der Waals surface area contributed by atoms with Crippen LogP contribution in [0.25, 0.3) is 10.9 Å². The number of halogens is 2. The lowest BCUT2D eigenvalue weighted by molar-refractivity contribution is -0.131. The van der Waals surface area contributed by atoms with Crippen LogP contribution in [0.5, 0.6) is 0 Å². The second-order valence-electron chi connectivity index (χ2n) is 7.06. The van der Waals surface area contributed by atoms with Crippen molar-refractivity contribution in [2.45, 2.75) is 31.6 Å². The van der Waals surface area contributed by atoms with Crippen molar-refractivity contribution >= 4 is 16.8 Å². The summed E-state index contributed by atoms with van der Waals surface area (Å²) in [6.45, 7) is 0.785. The number of hydrogen-bond acceptors (Lipinski definition) is 2. The zero-order valence-corrected chi connectivity index (χ0v) is 13.8. The summed E-state index contributed by atoms with van der Waals surface area (Å²) < 4.78 is 26.8. The molecule has 6 heteroatoms. The Morgan fingerprint density at radius 3 is 2.60 bits per heavy atom. The molecule has 1 aromatic heterocycles. The van der Waals surface area contributed by atoms with Gasteiger partial charge in [0, 0.05) is 42.4 Å². The molecular weight excluding hydrogens is 326 g/mol. The number of pyridine rings is 1. The van der Waals surface area contributed by atoms with E-state index < -0.39 is 17.8 Å². The zero-order chi connectivity index (χ0) is 17.6. The molecule has 2 heterocycles. The number of benzene rings is 1. The lowest BCUT2D eigenvalue weighted by Crippen LogP contribution is -2.33. The first kappa shape index (κ1) is 16.2. The van der Waals surface area contributed by atoms with Crippen LogP contribution >= 0.6 is 0 Å². The Labute approximate surface area is 143 Å². The molecule has 2 atom stereocenters. The van der Waals surface area contributed by atoms with Crippen LogP contribution in [0, 0.1) is 11.8 Å². The van der Waals surface area contributed by atoms with Crippen molar-refractivity contribution in [1.82, 2.24) is 9.88 Å². The van der Waals surface area contributed by atoms with Gasteiger partial charge < -0.3 is 9.88 Å². The van der Waals surface area contributed by atoms with E-state index in [1.165, 1.54) is 0 Å². The fourth-order valence-electron chi connectivity index (χ4n) is 3.98. The number of H-pyrrole nitrogens is 1. The van der Waals surface area contributed by atoms with Gasteiger partial charge in [0.25, 0.3) is 11.5 Å². The Kier molecular flexibility index (Phi) is 3.85. The number of aromatic nitrogens is 1. The van der Waals surface area contributed by atoms with Gasteiger partial charge in [0.2, 0.25) is 5.91 Å². The molecule has 1 saturated heterocycles. The average Bonchev–Trinajstić information content (AvgIpc) is 3.21. The first-order valence-corrected chi connectivity index (χ1v) is 8.73. The first-order valence-electron chi connectivity index (χ1n) is 8.73. The number of carbonyl (C=O) groups is 1. The van der Waals surface area contributed by atoms with E-state index >= 15 is 0 Å². The topological polar surface area (TPSA) is 53.2 Å². The molecular formula is C19H20F2N2O2. The minimum atomic E-state index is -2.52. The molecule has 2 aromatic rings. The zero-order valence-electron chi connectivity index (χ0n) is 13.8. The molecule has 1 saturated carbocycles. The van der Waals surface area contributed by atoms with Crippen molar-refractivity contribution in [3.8, 4) is 0 Å². The van der Waals surface area contributed by atoms with Gasteiger partial charge in [-0.25, -0.2) is 8.78 Å². The molecule has 132 valence electrons. The maximum atomic E-state index is 13.4. The molecule has 4 rings (SSSR count). The van der Waals surface area contributed by atoms with Crippen LogP contribution in [0.1, 0.15) is 24.8 Å². The summed E-state index contributed by atoms with van der Waals surface area (Å²) in [5.41, 5.74) is 1.18. The number of aromatic amines is 1. The van der Waals surface area contributed by atoms with Gasteiger partial charge in [-0.1, -0.05) is 18.2 Å². The van der Waals surface area contributed by atoms with Crippen LogP contribution in [0.2, 0.25) is 0 Å². The lowest BCUT2D eigenvalue weighted by Gasteiger charge is -2.21. The third-order valence-corrected chi connectivity index (χ3v) is 5.58. The highest BCUT2D eigenvalue weighted by molar-refractivity contribution is 5.79. The fourth-order valence-corrected chi connectivity index (χ4v) is 3.98. The lowest BCUT2D eigenvalue weighted by atomic mass is 10.1. The van der Waals surface area contributed by atoms with E-state index in [0.29, 0.717) is 37.9 Å². The van der Waals surface area contributed by atoms with Crippen LogP contribution in [-0.4, -0.2) is 34.8 Å². The highest BCUT2D eigenvalue weighted by Gasteiger charge is 2.67. The van der Waals surface area contributed by atoms with Crippen LogP contribution in [0.15, 0.2) is 35.1 Å². The van der Waals surface area contributed by atoms with Crippen molar-refractivity contribution in [1.29, 1.82) is 0 Å². The van der Waals surface area contributed by atoms with Crippen molar-refractivity contribution in [2.24, 2.45) is 11.8 Å². The number of para-hydroxylation sites is 1. The second-order valence-corrected chi connectivity index (χ2v) is 7.06. The fraction of sp³-hybridized carbons (Fsp3) is 0.474. The van der Waals surface area contributed by atoms with E-state index in [0.717, 1.165) is 10.9 Å². The highest BCUT2D eigenvalue weighted by Crippen LogP contribution is 2.59. The van der Waals surface area contributed by atoms with E-state index in [2.05, 4.69) is 4.98 Å². The smallest absolute Gasteiger partial charge is 0.254 e. The Hall–Kier alpha value is -2.24. The molecule has 1 amide bonds. The standard InChI is InChI=1S/C19H20F2N2O2/c20-19(21)14-7-9-23(10-8-15(14)19)17(24)6-5-13-11-12-3-1-2-4-16(12)22-18(13)25/h1-4,11,14-15H,5-10H2,(H,22,25). The molecule has 1 N–H and O–H groups in total. The minimum absolute atomic E-state index is 0.0582. The van der Waals surface area contributed by atoms with Gasteiger partial charge >= 0.3 is 0 Å². The number of aryl methyl sites for hydroxylation is 1. The molecule has 2 unspecified atom stereocenters. The molecule has 4 nitrogen and oxygen atoms in total. The van der Waals surface area contributed by atoms with E-state index in [-0.39, 0.29) is 17.9 Å². The maximum absolute atomic E-state index is 13.4. The summed E-state index contributed by atoms with van der Waals surface area (Å²) in [6, 6.07) is 9.32. The summed E-state index contributed by atoms with van der Waals surface area (Å²) in [5.74, 6) is -3.67. The van der Waals surface area contributed by atoms with Crippen LogP contribution in [0.3, 0.4) is 0 Å². The molecule has 1 aromatic carbocycles. The highest BCUT2D eigenvalue weighted by atomic mass is 19.3. The number of likely N-dealkylation sites (tertiary alicyclic amines) is 1. The minimum Gasteiger partial charge on any atom is -0.343 e. The predicted molar refractivity (Wildman–Crippen MR) is 90.6 cm³/mol. The monoisotopic (exact) mass is 346 g/mol. The van der Waals surface area contributed by atoms with Gasteiger partial charge in [-0.2, -0.15) is 0 Å². The van der Waals surface area contributed by atoms with Crippen molar-refractivity contribution in [2.75, 3.05) is 13.1 Å². The van der Waals surface area contributed by atoms with E-state index in [1.807, 2.05) is 30.3 Å². The summed E-state index contributed by atoms with van der Waals surface area (Å²) in [7, 11) is 0. The number of carbonyl (C=O) groups excluding carboxylic acids is 1. The Morgan fingerprint density at radius 2 is 1.88 bits per heavy atom. The number of nitrogens with zero attached hydrogens (tertiary/aromatic N) is 1. The quantitative estimate of drug-likeness (QED) is 0.929. The second kappa shape index (κ2) is 5.93. The molecule has 1 aliphatic heterocycles. The molecule has 2 aliphatic rings. The average molecular weight is 346 g/mol. The largest absolute Gasteiger partial charge is 0.343 e. The van der Waals surface area contributed by atoms with Crippen LogP contribution in [0.4, 0.5) is 8.78 Å². The molecule has 0 spiro atoms. The Morgan fingerprint density at radius 1 is 1.20 bits per heavy atom. The molecule has 2 fully saturated rings. The van der Waals surface area contributed by atoms with E-state index in [4.69, 9.17) is 0 Å². The number of rotatable bonds is 3. The number of nitrogens with one attached hydrogen (secondary N) is 1. The van der Waals surface area contributed by atoms with E-state index in [9.17, 15) is 18.4 Å². The van der Waals surface area contributed by atoms with Gasteiger partial charge in [-0.05, 0) is 36.8 Å².